The summed E-state index contributed by atoms with van der Waals surface area (Å²) in [5.74, 6) is 0.293. The van der Waals surface area contributed by atoms with E-state index >= 15 is 0 Å². The van der Waals surface area contributed by atoms with E-state index < -0.39 is 10.0 Å². The summed E-state index contributed by atoms with van der Waals surface area (Å²) >= 11 is 5.73. The van der Waals surface area contributed by atoms with Crippen molar-refractivity contribution in [3.63, 3.8) is 0 Å². The first-order valence-electron chi connectivity index (χ1n) is 6.42. The highest BCUT2D eigenvalue weighted by atomic mass is 35.5. The number of alkyl halides is 1. The monoisotopic (exact) mass is 307 g/mol. The van der Waals surface area contributed by atoms with E-state index in [1.807, 2.05) is 6.92 Å². The minimum absolute atomic E-state index is 0.293. The Kier molecular flexibility index (Phi) is 5.82. The van der Waals surface area contributed by atoms with Crippen molar-refractivity contribution in [1.29, 1.82) is 0 Å². The number of hydrogen-bond acceptors (Lipinski definition) is 3. The van der Waals surface area contributed by atoms with Gasteiger partial charge >= 0.3 is 0 Å². The van der Waals surface area contributed by atoms with Crippen molar-refractivity contribution in [2.45, 2.75) is 38.5 Å². The van der Waals surface area contributed by atoms with Gasteiger partial charge in [-0.15, -0.1) is 11.6 Å². The molecule has 0 N–H and O–H groups in total. The average molecular weight is 308 g/mol. The number of sulfonamides is 1. The maximum atomic E-state index is 12.7. The highest BCUT2D eigenvalue weighted by molar-refractivity contribution is 7.89. The maximum absolute atomic E-state index is 12.7. The minimum atomic E-state index is -3.51. The van der Waals surface area contributed by atoms with Gasteiger partial charge in [-0.05, 0) is 20.3 Å². The Hall–Kier alpha value is -0.590. The van der Waals surface area contributed by atoms with Gasteiger partial charge in [0.1, 0.15) is 4.90 Å². The molecule has 1 heterocycles. The molecule has 0 aromatic carbocycles. The Bertz CT molecular complexity index is 525. The molecule has 0 aliphatic carbocycles. The molecule has 1 aromatic heterocycles. The van der Waals surface area contributed by atoms with Gasteiger partial charge in [0.05, 0.1) is 11.4 Å². The fraction of sp³-hybridized carbons (Fsp3) is 0.750. The third kappa shape index (κ3) is 3.49. The van der Waals surface area contributed by atoms with Gasteiger partial charge < -0.3 is 0 Å². The summed E-state index contributed by atoms with van der Waals surface area (Å²) in [4.78, 5) is 0.316. The zero-order chi connectivity index (χ0) is 14.6. The lowest BCUT2D eigenvalue weighted by molar-refractivity contribution is 0.419. The Morgan fingerprint density at radius 2 is 1.95 bits per heavy atom. The van der Waals surface area contributed by atoms with Crippen LogP contribution in [0.2, 0.25) is 0 Å². The van der Waals surface area contributed by atoms with Crippen molar-refractivity contribution in [2.75, 3.05) is 19.0 Å². The molecular formula is C12H22ClN3O2S. The lowest BCUT2D eigenvalue weighted by Crippen LogP contribution is -2.34. The summed E-state index contributed by atoms with van der Waals surface area (Å²) in [7, 11) is -1.76. The van der Waals surface area contributed by atoms with Crippen LogP contribution in [0.5, 0.6) is 0 Å². The molecule has 0 saturated carbocycles. The van der Waals surface area contributed by atoms with E-state index in [1.165, 1.54) is 4.31 Å². The first-order chi connectivity index (χ1) is 8.86. The SMILES string of the molecule is CCCCN(CCCl)S(=O)(=O)c1c(C)nn(C)c1C. The van der Waals surface area contributed by atoms with Crippen LogP contribution in [0.25, 0.3) is 0 Å². The van der Waals surface area contributed by atoms with Crippen LogP contribution in [0.4, 0.5) is 0 Å². The lowest BCUT2D eigenvalue weighted by Gasteiger charge is -2.21. The molecule has 0 aliphatic rings. The standard InChI is InChI=1S/C12H22ClN3O2S/c1-5-6-8-16(9-7-13)19(17,18)12-10(2)14-15(4)11(12)3/h5-9H2,1-4H3. The summed E-state index contributed by atoms with van der Waals surface area (Å²) < 4.78 is 28.5. The average Bonchev–Trinajstić information content (AvgIpc) is 2.58. The molecule has 7 heteroatoms. The third-order valence-corrected chi connectivity index (χ3v) is 5.46. The van der Waals surface area contributed by atoms with E-state index in [0.29, 0.717) is 35.3 Å². The van der Waals surface area contributed by atoms with Crippen LogP contribution < -0.4 is 0 Å². The van der Waals surface area contributed by atoms with Crippen molar-refractivity contribution in [1.82, 2.24) is 14.1 Å². The number of nitrogens with zero attached hydrogens (tertiary/aromatic N) is 3. The predicted molar refractivity (Wildman–Crippen MR) is 77.1 cm³/mol. The number of unbranched alkanes of at least 4 members (excludes halogenated alkanes) is 1. The van der Waals surface area contributed by atoms with Gasteiger partial charge in [0, 0.05) is 26.0 Å². The number of rotatable bonds is 7. The van der Waals surface area contributed by atoms with E-state index in [1.54, 1.807) is 25.6 Å². The first-order valence-corrected chi connectivity index (χ1v) is 8.40. The smallest absolute Gasteiger partial charge is 0.246 e. The second kappa shape index (κ2) is 6.72. The van der Waals surface area contributed by atoms with Crippen LogP contribution in [0, 0.1) is 13.8 Å². The summed E-state index contributed by atoms with van der Waals surface area (Å²) in [5, 5.41) is 4.18. The van der Waals surface area contributed by atoms with Gasteiger partial charge in [-0.3, -0.25) is 4.68 Å². The summed E-state index contributed by atoms with van der Waals surface area (Å²) in [5.41, 5.74) is 1.20. The molecule has 0 fully saturated rings. The van der Waals surface area contributed by atoms with Gasteiger partial charge in [-0.1, -0.05) is 13.3 Å². The zero-order valence-corrected chi connectivity index (χ0v) is 13.6. The second-order valence-corrected chi connectivity index (χ2v) is 6.82. The van der Waals surface area contributed by atoms with E-state index in [4.69, 9.17) is 11.6 Å². The Labute approximate surface area is 120 Å². The van der Waals surface area contributed by atoms with Crippen LogP contribution in [0.15, 0.2) is 4.90 Å². The molecule has 1 aromatic rings. The van der Waals surface area contributed by atoms with E-state index in [-0.39, 0.29) is 0 Å². The molecule has 0 amide bonds. The lowest BCUT2D eigenvalue weighted by atomic mass is 10.3. The highest BCUT2D eigenvalue weighted by Gasteiger charge is 2.29. The number of halogens is 1. The number of aromatic nitrogens is 2. The van der Waals surface area contributed by atoms with Gasteiger partial charge in [-0.2, -0.15) is 9.40 Å². The molecule has 0 radical (unpaired) electrons. The molecule has 0 spiro atoms. The largest absolute Gasteiger partial charge is 0.271 e. The number of hydrogen-bond donors (Lipinski definition) is 0. The third-order valence-electron chi connectivity index (χ3n) is 3.14. The van der Waals surface area contributed by atoms with Crippen LogP contribution in [0.3, 0.4) is 0 Å². The second-order valence-electron chi connectivity index (χ2n) is 4.57. The fourth-order valence-electron chi connectivity index (χ4n) is 2.04. The quantitative estimate of drug-likeness (QED) is 0.725. The van der Waals surface area contributed by atoms with E-state index in [9.17, 15) is 8.42 Å². The molecule has 1 rings (SSSR count). The normalized spacial score (nSPS) is 12.3. The van der Waals surface area contributed by atoms with Crippen LogP contribution in [-0.4, -0.2) is 41.5 Å². The molecule has 19 heavy (non-hydrogen) atoms. The number of aryl methyl sites for hydroxylation is 2. The van der Waals surface area contributed by atoms with E-state index in [0.717, 1.165) is 12.8 Å². The van der Waals surface area contributed by atoms with Crippen molar-refractivity contribution in [3.05, 3.63) is 11.4 Å². The van der Waals surface area contributed by atoms with Crippen LogP contribution in [-0.2, 0) is 17.1 Å². The molecule has 0 bridgehead atoms. The topological polar surface area (TPSA) is 55.2 Å². The maximum Gasteiger partial charge on any atom is 0.246 e. The molecule has 0 aliphatic heterocycles. The molecule has 0 atom stereocenters. The highest BCUT2D eigenvalue weighted by Crippen LogP contribution is 2.23. The van der Waals surface area contributed by atoms with Gasteiger partial charge in [-0.25, -0.2) is 8.42 Å². The first kappa shape index (κ1) is 16.5. The summed E-state index contributed by atoms with van der Waals surface area (Å²) in [6.07, 6.45) is 1.77. The van der Waals surface area contributed by atoms with Crippen LogP contribution in [0.1, 0.15) is 31.2 Å². The van der Waals surface area contributed by atoms with Crippen molar-refractivity contribution in [2.24, 2.45) is 7.05 Å². The molecule has 110 valence electrons. The minimum Gasteiger partial charge on any atom is -0.271 e. The molecule has 0 saturated heterocycles. The fourth-order valence-corrected chi connectivity index (χ4v) is 4.22. The Morgan fingerprint density at radius 3 is 2.37 bits per heavy atom. The van der Waals surface area contributed by atoms with Gasteiger partial charge in [0.25, 0.3) is 0 Å². The Balaban J connectivity index is 3.18. The van der Waals surface area contributed by atoms with Crippen LogP contribution >= 0.6 is 11.6 Å². The van der Waals surface area contributed by atoms with E-state index in [2.05, 4.69) is 5.10 Å². The van der Waals surface area contributed by atoms with Crippen molar-refractivity contribution < 1.29 is 8.42 Å². The predicted octanol–water partition coefficient (Wildman–Crippen LogP) is 2.07. The molecule has 5 nitrogen and oxygen atoms in total. The molecule has 0 unspecified atom stereocenters. The Morgan fingerprint density at radius 1 is 1.32 bits per heavy atom. The molecular weight excluding hydrogens is 286 g/mol. The van der Waals surface area contributed by atoms with Gasteiger partial charge in [0.2, 0.25) is 10.0 Å². The van der Waals surface area contributed by atoms with Crippen molar-refractivity contribution >= 4 is 21.6 Å². The zero-order valence-electron chi connectivity index (χ0n) is 12.0. The van der Waals surface area contributed by atoms with Crippen molar-refractivity contribution in [3.8, 4) is 0 Å². The summed E-state index contributed by atoms with van der Waals surface area (Å²) in [6.45, 7) is 6.35. The van der Waals surface area contributed by atoms with Gasteiger partial charge in [0.15, 0.2) is 0 Å². The summed E-state index contributed by atoms with van der Waals surface area (Å²) in [6, 6.07) is 0.